The molecule has 4 aliphatic rings. The fourth-order valence-electron chi connectivity index (χ4n) is 5.50. The maximum absolute atomic E-state index is 13.3. The number of nitrogens with two attached hydrogens (primary N) is 1. The van der Waals surface area contributed by atoms with Gasteiger partial charge in [0.25, 0.3) is 11.8 Å². The molecule has 0 saturated carbocycles. The minimum Gasteiger partial charge on any atom is -0.371 e. The van der Waals surface area contributed by atoms with Crippen molar-refractivity contribution in [3.63, 3.8) is 0 Å². The van der Waals surface area contributed by atoms with Crippen LogP contribution in [-0.4, -0.2) is 77.6 Å². The van der Waals surface area contributed by atoms with E-state index in [-0.39, 0.29) is 36.3 Å². The van der Waals surface area contributed by atoms with Gasteiger partial charge in [0, 0.05) is 45.1 Å². The van der Waals surface area contributed by atoms with Gasteiger partial charge in [0.2, 0.25) is 17.7 Å². The number of benzene rings is 1. The van der Waals surface area contributed by atoms with Crippen LogP contribution < -0.4 is 16.0 Å². The van der Waals surface area contributed by atoms with Crippen LogP contribution in [0, 0.1) is 5.92 Å². The van der Waals surface area contributed by atoms with Crippen molar-refractivity contribution in [3.05, 3.63) is 29.3 Å². The van der Waals surface area contributed by atoms with Crippen molar-refractivity contribution in [2.75, 3.05) is 31.1 Å². The Balaban J connectivity index is 1.30. The zero-order valence-electron chi connectivity index (χ0n) is 19.0. The van der Waals surface area contributed by atoms with Gasteiger partial charge >= 0.3 is 0 Å². The lowest BCUT2D eigenvalue weighted by atomic mass is 10.0. The highest BCUT2D eigenvalue weighted by atomic mass is 16.2. The summed E-state index contributed by atoms with van der Waals surface area (Å²) in [5.74, 6) is -1.72. The number of amides is 5. The molecule has 0 aliphatic carbocycles. The van der Waals surface area contributed by atoms with Crippen LogP contribution in [0.2, 0.25) is 0 Å². The zero-order valence-corrected chi connectivity index (χ0v) is 19.0. The molecule has 3 saturated heterocycles. The van der Waals surface area contributed by atoms with Gasteiger partial charge in [-0.15, -0.1) is 0 Å². The van der Waals surface area contributed by atoms with Crippen LogP contribution in [0.5, 0.6) is 0 Å². The minimum atomic E-state index is -0.987. The van der Waals surface area contributed by atoms with E-state index in [4.69, 9.17) is 5.73 Å². The molecule has 0 spiro atoms. The summed E-state index contributed by atoms with van der Waals surface area (Å²) >= 11 is 0. The molecular weight excluding hydrogens is 438 g/mol. The molecule has 0 bridgehead atoms. The van der Waals surface area contributed by atoms with Gasteiger partial charge in [-0.1, -0.05) is 6.07 Å². The van der Waals surface area contributed by atoms with E-state index in [0.717, 1.165) is 24.2 Å². The van der Waals surface area contributed by atoms with Crippen molar-refractivity contribution in [1.82, 2.24) is 15.1 Å². The SMILES string of the molecule is NC1CCN(C(=O)CC2CCN(c3cccc4c3C(=O)N(C3CCC(=O)NC3=O)C4=O)C2)CC1. The summed E-state index contributed by atoms with van der Waals surface area (Å²) in [5.41, 5.74) is 7.17. The average molecular weight is 468 g/mol. The molecule has 0 radical (unpaired) electrons. The topological polar surface area (TPSA) is 133 Å². The number of anilines is 1. The Labute approximate surface area is 197 Å². The second-order valence-corrected chi connectivity index (χ2v) is 9.67. The van der Waals surface area contributed by atoms with Gasteiger partial charge < -0.3 is 15.5 Å². The number of nitrogens with one attached hydrogen (secondary N) is 1. The van der Waals surface area contributed by atoms with Gasteiger partial charge in [-0.25, -0.2) is 0 Å². The summed E-state index contributed by atoms with van der Waals surface area (Å²) in [4.78, 5) is 68.0. The molecule has 3 fully saturated rings. The lowest BCUT2D eigenvalue weighted by Crippen LogP contribution is -2.54. The monoisotopic (exact) mass is 467 g/mol. The number of imide groups is 2. The molecule has 180 valence electrons. The van der Waals surface area contributed by atoms with E-state index in [1.807, 2.05) is 11.0 Å². The van der Waals surface area contributed by atoms with E-state index in [1.165, 1.54) is 0 Å². The predicted octanol–water partition coefficient (Wildman–Crippen LogP) is 0.254. The summed E-state index contributed by atoms with van der Waals surface area (Å²) in [5, 5.41) is 2.22. The van der Waals surface area contributed by atoms with Gasteiger partial charge in [-0.3, -0.25) is 34.2 Å². The minimum absolute atomic E-state index is 0.0848. The number of carbonyl (C=O) groups is 5. The molecule has 10 heteroatoms. The van der Waals surface area contributed by atoms with E-state index in [1.54, 1.807) is 12.1 Å². The summed E-state index contributed by atoms with van der Waals surface area (Å²) in [7, 11) is 0. The molecule has 4 heterocycles. The summed E-state index contributed by atoms with van der Waals surface area (Å²) < 4.78 is 0. The zero-order chi connectivity index (χ0) is 24.0. The van der Waals surface area contributed by atoms with E-state index in [9.17, 15) is 24.0 Å². The molecule has 1 aromatic rings. The number of rotatable bonds is 4. The van der Waals surface area contributed by atoms with Crippen molar-refractivity contribution >= 4 is 35.2 Å². The number of piperidine rings is 2. The molecule has 3 N–H and O–H groups in total. The first-order valence-electron chi connectivity index (χ1n) is 12.0. The number of hydrogen-bond donors (Lipinski definition) is 2. The standard InChI is InChI=1S/C24H29N5O5/c25-15-7-10-27(11-8-15)20(31)12-14-6-9-28(13-14)17-3-1-2-16-21(17)24(34)29(23(16)33)18-4-5-19(30)26-22(18)32/h1-3,14-15,18H,4-13,25H2,(H,26,30,32). The quantitative estimate of drug-likeness (QED) is 0.607. The van der Waals surface area contributed by atoms with Crippen LogP contribution in [-0.2, 0) is 14.4 Å². The lowest BCUT2D eigenvalue weighted by Gasteiger charge is -2.31. The highest BCUT2D eigenvalue weighted by Gasteiger charge is 2.46. The molecule has 34 heavy (non-hydrogen) atoms. The first-order valence-corrected chi connectivity index (χ1v) is 12.0. The van der Waals surface area contributed by atoms with Crippen LogP contribution in [0.15, 0.2) is 18.2 Å². The normalized spacial score (nSPS) is 25.7. The first-order chi connectivity index (χ1) is 16.3. The molecule has 5 amide bonds. The van der Waals surface area contributed by atoms with Crippen molar-refractivity contribution in [2.24, 2.45) is 11.7 Å². The van der Waals surface area contributed by atoms with Gasteiger partial charge in [0.1, 0.15) is 6.04 Å². The van der Waals surface area contributed by atoms with Crippen molar-refractivity contribution in [2.45, 2.75) is 50.6 Å². The van der Waals surface area contributed by atoms with Crippen molar-refractivity contribution in [1.29, 1.82) is 0 Å². The van der Waals surface area contributed by atoms with Gasteiger partial charge in [-0.2, -0.15) is 0 Å². The van der Waals surface area contributed by atoms with Gasteiger partial charge in [0.15, 0.2) is 0 Å². The average Bonchev–Trinajstić information content (AvgIpc) is 3.37. The third-order valence-electron chi connectivity index (χ3n) is 7.43. The molecule has 2 unspecified atom stereocenters. The first kappa shape index (κ1) is 22.5. The van der Waals surface area contributed by atoms with Crippen LogP contribution in [0.25, 0.3) is 0 Å². The Bertz CT molecular complexity index is 1060. The molecular formula is C24H29N5O5. The number of carbonyl (C=O) groups excluding carboxylic acids is 5. The Hall–Kier alpha value is -3.27. The molecule has 10 nitrogen and oxygen atoms in total. The van der Waals surface area contributed by atoms with Crippen LogP contribution in [0.3, 0.4) is 0 Å². The highest BCUT2D eigenvalue weighted by Crippen LogP contribution is 2.36. The van der Waals surface area contributed by atoms with Crippen molar-refractivity contribution < 1.29 is 24.0 Å². The fourth-order valence-corrected chi connectivity index (χ4v) is 5.50. The van der Waals surface area contributed by atoms with E-state index < -0.39 is 29.7 Å². The second-order valence-electron chi connectivity index (χ2n) is 9.67. The Kier molecular flexibility index (Phi) is 5.85. The Morgan fingerprint density at radius 2 is 1.76 bits per heavy atom. The number of nitrogens with zero attached hydrogens (tertiary/aromatic N) is 3. The molecule has 0 aromatic heterocycles. The van der Waals surface area contributed by atoms with Crippen LogP contribution >= 0.6 is 0 Å². The predicted molar refractivity (Wildman–Crippen MR) is 122 cm³/mol. The molecule has 1 aromatic carbocycles. The van der Waals surface area contributed by atoms with Crippen molar-refractivity contribution in [3.8, 4) is 0 Å². The number of likely N-dealkylation sites (tertiary alicyclic amines) is 1. The van der Waals surface area contributed by atoms with E-state index >= 15 is 0 Å². The third kappa shape index (κ3) is 3.96. The Morgan fingerprint density at radius 1 is 1.00 bits per heavy atom. The van der Waals surface area contributed by atoms with Gasteiger partial charge in [0.05, 0.1) is 16.8 Å². The summed E-state index contributed by atoms with van der Waals surface area (Å²) in [6.45, 7) is 2.71. The summed E-state index contributed by atoms with van der Waals surface area (Å²) in [6, 6.07) is 4.34. The van der Waals surface area contributed by atoms with Crippen LogP contribution in [0.1, 0.15) is 59.2 Å². The smallest absolute Gasteiger partial charge is 0.264 e. The third-order valence-corrected chi connectivity index (χ3v) is 7.43. The van der Waals surface area contributed by atoms with E-state index in [0.29, 0.717) is 43.9 Å². The van der Waals surface area contributed by atoms with Gasteiger partial charge in [-0.05, 0) is 43.7 Å². The largest absolute Gasteiger partial charge is 0.371 e. The van der Waals surface area contributed by atoms with Crippen LogP contribution in [0.4, 0.5) is 5.69 Å². The maximum Gasteiger partial charge on any atom is 0.264 e. The Morgan fingerprint density at radius 3 is 2.50 bits per heavy atom. The maximum atomic E-state index is 13.3. The lowest BCUT2D eigenvalue weighted by molar-refractivity contribution is -0.136. The second kappa shape index (κ2) is 8.83. The van der Waals surface area contributed by atoms with E-state index in [2.05, 4.69) is 10.2 Å². The molecule has 2 atom stereocenters. The number of hydrogen-bond acceptors (Lipinski definition) is 7. The number of fused-ring (bicyclic) bond motifs is 1. The molecule has 4 aliphatic heterocycles. The highest BCUT2D eigenvalue weighted by molar-refractivity contribution is 6.25. The summed E-state index contributed by atoms with van der Waals surface area (Å²) in [6.07, 6.45) is 3.15. The fraction of sp³-hybridized carbons (Fsp3) is 0.542. The molecule has 5 rings (SSSR count).